The minimum absolute atomic E-state index is 0.568. The van der Waals surface area contributed by atoms with Gasteiger partial charge in [0.25, 0.3) is 0 Å². The van der Waals surface area contributed by atoms with Crippen LogP contribution in [-0.4, -0.2) is 17.5 Å². The zero-order chi connectivity index (χ0) is 11.6. The number of hydrogen-bond donors (Lipinski definition) is 1. The third-order valence-electron chi connectivity index (χ3n) is 3.30. The van der Waals surface area contributed by atoms with Crippen molar-refractivity contribution in [2.45, 2.75) is 38.0 Å². The van der Waals surface area contributed by atoms with Gasteiger partial charge in [0, 0.05) is 17.8 Å². The summed E-state index contributed by atoms with van der Waals surface area (Å²) in [5, 5.41) is 3.59. The Balaban J connectivity index is 1.85. The van der Waals surface area contributed by atoms with Crippen LogP contribution in [0.2, 0.25) is 0 Å². The molecule has 1 fully saturated rings. The molecule has 0 saturated heterocycles. The summed E-state index contributed by atoms with van der Waals surface area (Å²) in [6.45, 7) is 6.49. The maximum atomic E-state index is 3.59. The van der Waals surface area contributed by atoms with E-state index >= 15 is 0 Å². The predicted octanol–water partition coefficient (Wildman–Crippen LogP) is 3.29. The van der Waals surface area contributed by atoms with Gasteiger partial charge in [0.1, 0.15) is 0 Å². The predicted molar refractivity (Wildman–Crippen MR) is 73.1 cm³/mol. The van der Waals surface area contributed by atoms with E-state index in [0.717, 1.165) is 13.1 Å². The van der Waals surface area contributed by atoms with Crippen LogP contribution in [0.25, 0.3) is 0 Å². The van der Waals surface area contributed by atoms with Crippen molar-refractivity contribution in [1.29, 1.82) is 0 Å². The molecule has 16 heavy (non-hydrogen) atoms. The number of aryl methyl sites for hydroxylation is 2. The minimum Gasteiger partial charge on any atom is -0.311 e. The van der Waals surface area contributed by atoms with Gasteiger partial charge < -0.3 is 5.32 Å². The molecule has 0 radical (unpaired) electrons. The molecular weight excluding hydrogens is 214 g/mol. The van der Waals surface area contributed by atoms with Gasteiger partial charge in [0.2, 0.25) is 0 Å². The first-order valence-electron chi connectivity index (χ1n) is 5.97. The molecular formula is C14H21NS. The van der Waals surface area contributed by atoms with Crippen LogP contribution in [0.4, 0.5) is 0 Å². The molecule has 1 aromatic carbocycles. The monoisotopic (exact) mass is 235 g/mol. The van der Waals surface area contributed by atoms with Gasteiger partial charge in [-0.15, -0.1) is 0 Å². The fourth-order valence-corrected chi connectivity index (χ4v) is 2.95. The van der Waals surface area contributed by atoms with E-state index in [9.17, 15) is 0 Å². The first-order chi connectivity index (χ1) is 7.63. The Kier molecular flexibility index (Phi) is 3.60. The molecule has 0 spiro atoms. The van der Waals surface area contributed by atoms with Crippen LogP contribution in [-0.2, 0) is 6.54 Å². The number of nitrogens with one attached hydrogen (secondary N) is 1. The molecule has 1 saturated carbocycles. The molecule has 0 aliphatic heterocycles. The van der Waals surface area contributed by atoms with Gasteiger partial charge in [-0.25, -0.2) is 0 Å². The summed E-state index contributed by atoms with van der Waals surface area (Å²) < 4.78 is 0.568. The van der Waals surface area contributed by atoms with Crippen molar-refractivity contribution < 1.29 is 0 Å². The van der Waals surface area contributed by atoms with Crippen molar-refractivity contribution >= 4 is 11.8 Å². The Hall–Kier alpha value is -0.470. The topological polar surface area (TPSA) is 12.0 Å². The molecule has 0 unspecified atom stereocenters. The highest BCUT2D eigenvalue weighted by atomic mass is 32.2. The van der Waals surface area contributed by atoms with Crippen LogP contribution in [0, 0.1) is 13.8 Å². The van der Waals surface area contributed by atoms with Gasteiger partial charge in [-0.1, -0.05) is 29.3 Å². The second-order valence-corrected chi connectivity index (χ2v) is 6.26. The Morgan fingerprint density at radius 3 is 2.31 bits per heavy atom. The van der Waals surface area contributed by atoms with Crippen LogP contribution in [0.15, 0.2) is 18.2 Å². The van der Waals surface area contributed by atoms with Crippen molar-refractivity contribution in [3.8, 4) is 0 Å². The fourth-order valence-electron chi connectivity index (χ4n) is 2.20. The second-order valence-electron chi connectivity index (χ2n) is 4.99. The van der Waals surface area contributed by atoms with Gasteiger partial charge in [-0.05, 0) is 38.5 Å². The summed E-state index contributed by atoms with van der Waals surface area (Å²) in [5.41, 5.74) is 4.14. The quantitative estimate of drug-likeness (QED) is 0.840. The molecule has 1 aliphatic carbocycles. The first kappa shape index (κ1) is 12.0. The molecule has 1 aliphatic rings. The Bertz CT molecular complexity index is 349. The van der Waals surface area contributed by atoms with Gasteiger partial charge in [-0.2, -0.15) is 11.8 Å². The third kappa shape index (κ3) is 3.02. The van der Waals surface area contributed by atoms with E-state index in [4.69, 9.17) is 0 Å². The highest BCUT2D eigenvalue weighted by Crippen LogP contribution is 2.46. The zero-order valence-corrected chi connectivity index (χ0v) is 11.3. The van der Waals surface area contributed by atoms with E-state index in [0.29, 0.717) is 4.75 Å². The van der Waals surface area contributed by atoms with Gasteiger partial charge in [-0.3, -0.25) is 0 Å². The molecule has 0 bridgehead atoms. The molecule has 88 valence electrons. The second kappa shape index (κ2) is 4.80. The van der Waals surface area contributed by atoms with Crippen LogP contribution in [0.1, 0.15) is 29.5 Å². The van der Waals surface area contributed by atoms with Crippen molar-refractivity contribution in [3.63, 3.8) is 0 Å². The van der Waals surface area contributed by atoms with Gasteiger partial charge in [0.15, 0.2) is 0 Å². The van der Waals surface area contributed by atoms with Crippen LogP contribution >= 0.6 is 11.8 Å². The van der Waals surface area contributed by atoms with E-state index in [1.165, 1.54) is 29.5 Å². The molecule has 0 aromatic heterocycles. The van der Waals surface area contributed by atoms with Crippen molar-refractivity contribution in [2.24, 2.45) is 0 Å². The minimum atomic E-state index is 0.568. The first-order valence-corrected chi connectivity index (χ1v) is 7.19. The lowest BCUT2D eigenvalue weighted by Gasteiger charge is -2.13. The molecule has 1 N–H and O–H groups in total. The summed E-state index contributed by atoms with van der Waals surface area (Å²) in [4.78, 5) is 0. The van der Waals surface area contributed by atoms with Crippen LogP contribution in [0.5, 0.6) is 0 Å². The Morgan fingerprint density at radius 1 is 1.19 bits per heavy atom. The largest absolute Gasteiger partial charge is 0.311 e. The standard InChI is InChI=1S/C14H21NS/c1-11-6-12(2)8-13(7-11)9-15-10-14(16-3)4-5-14/h6-8,15H,4-5,9-10H2,1-3H3. The van der Waals surface area contributed by atoms with Crippen LogP contribution in [0.3, 0.4) is 0 Å². The smallest absolute Gasteiger partial charge is 0.0282 e. The van der Waals surface area contributed by atoms with Gasteiger partial charge in [0.05, 0.1) is 0 Å². The molecule has 2 rings (SSSR count). The summed E-state index contributed by atoms with van der Waals surface area (Å²) in [6, 6.07) is 6.78. The SMILES string of the molecule is CSC1(CNCc2cc(C)cc(C)c2)CC1. The lowest BCUT2D eigenvalue weighted by molar-refractivity contribution is 0.662. The maximum Gasteiger partial charge on any atom is 0.0282 e. The Labute approximate surface area is 103 Å². The fraction of sp³-hybridized carbons (Fsp3) is 0.571. The summed E-state index contributed by atoms with van der Waals surface area (Å²) in [5.74, 6) is 0. The molecule has 1 aromatic rings. The average molecular weight is 235 g/mol. The highest BCUT2D eigenvalue weighted by Gasteiger charge is 2.41. The molecule has 2 heteroatoms. The Morgan fingerprint density at radius 2 is 1.81 bits per heavy atom. The van der Waals surface area contributed by atoms with Crippen molar-refractivity contribution in [2.75, 3.05) is 12.8 Å². The van der Waals surface area contributed by atoms with E-state index in [2.05, 4.69) is 43.6 Å². The molecule has 0 atom stereocenters. The normalized spacial score (nSPS) is 17.4. The number of rotatable bonds is 5. The third-order valence-corrected chi connectivity index (χ3v) is 4.72. The molecule has 0 heterocycles. The highest BCUT2D eigenvalue weighted by molar-refractivity contribution is 8.00. The maximum absolute atomic E-state index is 3.59. The summed E-state index contributed by atoms with van der Waals surface area (Å²) >= 11 is 2.02. The molecule has 0 amide bonds. The van der Waals surface area contributed by atoms with E-state index in [1.54, 1.807) is 0 Å². The van der Waals surface area contributed by atoms with Crippen molar-refractivity contribution in [3.05, 3.63) is 34.9 Å². The number of thioether (sulfide) groups is 1. The number of benzene rings is 1. The van der Waals surface area contributed by atoms with Crippen molar-refractivity contribution in [1.82, 2.24) is 5.32 Å². The van der Waals surface area contributed by atoms with Gasteiger partial charge >= 0.3 is 0 Å². The summed E-state index contributed by atoms with van der Waals surface area (Å²) in [7, 11) is 0. The number of hydrogen-bond acceptors (Lipinski definition) is 2. The van der Waals surface area contributed by atoms with E-state index in [-0.39, 0.29) is 0 Å². The zero-order valence-electron chi connectivity index (χ0n) is 10.5. The average Bonchev–Trinajstić information content (AvgIpc) is 2.97. The van der Waals surface area contributed by atoms with Crippen LogP contribution < -0.4 is 5.32 Å². The van der Waals surface area contributed by atoms with E-state index < -0.39 is 0 Å². The lowest BCUT2D eigenvalue weighted by Crippen LogP contribution is -2.25. The lowest BCUT2D eigenvalue weighted by atomic mass is 10.1. The summed E-state index contributed by atoms with van der Waals surface area (Å²) in [6.07, 6.45) is 4.99. The molecule has 1 nitrogen and oxygen atoms in total. The van der Waals surface area contributed by atoms with E-state index in [1.807, 2.05) is 11.8 Å².